The highest BCUT2D eigenvalue weighted by atomic mass is 16.6. The monoisotopic (exact) mass is 227 g/mol. The molecule has 0 saturated carbocycles. The average molecular weight is 227 g/mol. The summed E-state index contributed by atoms with van der Waals surface area (Å²) in [6.07, 6.45) is -1.76. The number of nitrogens with one attached hydrogen (secondary N) is 1. The van der Waals surface area contributed by atoms with Gasteiger partial charge in [0.15, 0.2) is 0 Å². The number of carbonyl (C=O) groups is 1. The fourth-order valence-electron chi connectivity index (χ4n) is 1.76. The first-order valence-electron chi connectivity index (χ1n) is 5.47. The van der Waals surface area contributed by atoms with E-state index in [0.717, 1.165) is 0 Å². The van der Waals surface area contributed by atoms with Crippen molar-refractivity contribution in [1.82, 2.24) is 5.32 Å². The van der Waals surface area contributed by atoms with E-state index in [1.54, 1.807) is 6.92 Å². The lowest BCUT2D eigenvalue weighted by molar-refractivity contribution is -0.138. The molecule has 5 nitrogen and oxygen atoms in total. The van der Waals surface area contributed by atoms with Gasteiger partial charge in [-0.15, -0.1) is 0 Å². The van der Waals surface area contributed by atoms with Gasteiger partial charge in [0.25, 0.3) is 0 Å². The van der Waals surface area contributed by atoms with E-state index in [-0.39, 0.29) is 12.0 Å². The Kier molecular flexibility index (Phi) is 4.77. The van der Waals surface area contributed by atoms with Gasteiger partial charge in [-0.2, -0.15) is 0 Å². The molecule has 1 aliphatic heterocycles. The lowest BCUT2D eigenvalue weighted by atomic mass is 9.92. The van der Waals surface area contributed by atoms with Crippen LogP contribution in [0.1, 0.15) is 20.3 Å². The number of ether oxygens (including phenoxy) is 2. The van der Waals surface area contributed by atoms with Crippen molar-refractivity contribution in [2.75, 3.05) is 7.05 Å². The molecule has 2 N–H and O–H groups in total. The molecule has 1 fully saturated rings. The summed E-state index contributed by atoms with van der Waals surface area (Å²) in [7, 11) is 7.21. The van der Waals surface area contributed by atoms with Gasteiger partial charge in [-0.3, -0.25) is 4.79 Å². The third-order valence-corrected chi connectivity index (χ3v) is 2.75. The standard InChI is InChI=1S/C10H18BNO4/c1-4-6-7(13)8(9(11)16-6)15-5(2)10(14)12-3/h5-9,13H,4H2,1-3H3,(H,12,14)/t5-,6+,7-,8?,9+/m0/s1. The fraction of sp³-hybridized carbons (Fsp3) is 0.900. The number of hydrogen-bond donors (Lipinski definition) is 2. The molecular weight excluding hydrogens is 209 g/mol. The summed E-state index contributed by atoms with van der Waals surface area (Å²) < 4.78 is 10.7. The minimum absolute atomic E-state index is 0.251. The van der Waals surface area contributed by atoms with Gasteiger partial charge in [0.05, 0.1) is 6.10 Å². The molecule has 1 amide bonds. The van der Waals surface area contributed by atoms with Crippen molar-refractivity contribution in [1.29, 1.82) is 0 Å². The molecule has 1 saturated heterocycles. The second-order valence-electron chi connectivity index (χ2n) is 3.90. The Hall–Kier alpha value is -0.585. The van der Waals surface area contributed by atoms with Crippen molar-refractivity contribution < 1.29 is 19.4 Å². The highest BCUT2D eigenvalue weighted by molar-refractivity contribution is 6.11. The van der Waals surface area contributed by atoms with Crippen LogP contribution in [-0.4, -0.2) is 56.3 Å². The van der Waals surface area contributed by atoms with Crippen LogP contribution in [0.2, 0.25) is 0 Å². The summed E-state index contributed by atoms with van der Waals surface area (Å²) in [5.41, 5.74) is 0. The maximum absolute atomic E-state index is 11.3. The lowest BCUT2D eigenvalue weighted by Gasteiger charge is -2.22. The summed E-state index contributed by atoms with van der Waals surface area (Å²) in [6.45, 7) is 3.50. The van der Waals surface area contributed by atoms with Crippen LogP contribution >= 0.6 is 0 Å². The first kappa shape index (κ1) is 13.5. The van der Waals surface area contributed by atoms with Crippen LogP contribution < -0.4 is 5.32 Å². The zero-order valence-corrected chi connectivity index (χ0v) is 9.84. The number of amides is 1. The topological polar surface area (TPSA) is 67.8 Å². The smallest absolute Gasteiger partial charge is 0.248 e. The quantitative estimate of drug-likeness (QED) is 0.615. The van der Waals surface area contributed by atoms with Crippen LogP contribution in [-0.2, 0) is 14.3 Å². The van der Waals surface area contributed by atoms with E-state index in [1.807, 2.05) is 6.92 Å². The SMILES string of the molecule is [B][C@@H]1O[C@H](CC)[C@H](O)C1O[C@@H](C)C(=O)NC. The molecule has 0 spiro atoms. The highest BCUT2D eigenvalue weighted by Gasteiger charge is 2.41. The Morgan fingerprint density at radius 1 is 1.69 bits per heavy atom. The van der Waals surface area contributed by atoms with Crippen molar-refractivity contribution in [3.05, 3.63) is 0 Å². The number of carbonyl (C=O) groups excluding carboxylic acids is 1. The molecule has 90 valence electrons. The van der Waals surface area contributed by atoms with Crippen LogP contribution in [0.25, 0.3) is 0 Å². The van der Waals surface area contributed by atoms with Crippen molar-refractivity contribution in [3.8, 4) is 0 Å². The van der Waals surface area contributed by atoms with Crippen molar-refractivity contribution in [3.63, 3.8) is 0 Å². The van der Waals surface area contributed by atoms with Gasteiger partial charge in [0.1, 0.15) is 26.2 Å². The van der Waals surface area contributed by atoms with Crippen LogP contribution in [0, 0.1) is 0 Å². The summed E-state index contributed by atoms with van der Waals surface area (Å²) in [5, 5.41) is 12.3. The number of aliphatic hydroxyl groups is 1. The van der Waals surface area contributed by atoms with Crippen molar-refractivity contribution >= 4 is 13.8 Å². The third kappa shape index (κ3) is 2.75. The van der Waals surface area contributed by atoms with E-state index < -0.39 is 24.3 Å². The van der Waals surface area contributed by atoms with Crippen LogP contribution in [0.15, 0.2) is 0 Å². The Bertz CT molecular complexity index is 251. The second kappa shape index (κ2) is 5.66. The predicted molar refractivity (Wildman–Crippen MR) is 59.1 cm³/mol. The maximum Gasteiger partial charge on any atom is 0.248 e. The number of likely N-dealkylation sites (N-methyl/N-ethyl adjacent to an activating group) is 1. The zero-order valence-electron chi connectivity index (χ0n) is 9.84. The molecule has 16 heavy (non-hydrogen) atoms. The molecule has 6 heteroatoms. The molecule has 0 aromatic heterocycles. The number of aliphatic hydroxyl groups excluding tert-OH is 1. The van der Waals surface area contributed by atoms with Crippen LogP contribution in [0.3, 0.4) is 0 Å². The zero-order chi connectivity index (χ0) is 12.3. The van der Waals surface area contributed by atoms with Crippen molar-refractivity contribution in [2.24, 2.45) is 0 Å². The molecular formula is C10H18BNO4. The Morgan fingerprint density at radius 3 is 2.75 bits per heavy atom. The minimum Gasteiger partial charge on any atom is -0.388 e. The molecule has 5 atom stereocenters. The number of hydrogen-bond acceptors (Lipinski definition) is 4. The van der Waals surface area contributed by atoms with Gasteiger partial charge < -0.3 is 19.9 Å². The van der Waals surface area contributed by atoms with Crippen LogP contribution in [0.4, 0.5) is 0 Å². The fourth-order valence-corrected chi connectivity index (χ4v) is 1.76. The van der Waals surface area contributed by atoms with Gasteiger partial charge >= 0.3 is 0 Å². The summed E-state index contributed by atoms with van der Waals surface area (Å²) in [5.74, 6) is -0.251. The highest BCUT2D eigenvalue weighted by Crippen LogP contribution is 2.25. The second-order valence-corrected chi connectivity index (χ2v) is 3.90. The Labute approximate surface area is 96.9 Å². The van der Waals surface area contributed by atoms with Gasteiger partial charge in [0, 0.05) is 13.1 Å². The van der Waals surface area contributed by atoms with Gasteiger partial charge in [-0.05, 0) is 13.3 Å². The van der Waals surface area contributed by atoms with E-state index in [9.17, 15) is 9.90 Å². The molecule has 2 radical (unpaired) electrons. The van der Waals surface area contributed by atoms with Crippen molar-refractivity contribution in [2.45, 2.75) is 50.7 Å². The molecule has 0 aromatic carbocycles. The molecule has 1 aliphatic rings. The maximum atomic E-state index is 11.3. The Balaban J connectivity index is 2.57. The normalized spacial score (nSPS) is 36.0. The van der Waals surface area contributed by atoms with E-state index in [0.29, 0.717) is 6.42 Å². The summed E-state index contributed by atoms with van der Waals surface area (Å²) >= 11 is 0. The molecule has 0 bridgehead atoms. The van der Waals surface area contributed by atoms with Gasteiger partial charge in [-0.1, -0.05) is 6.92 Å². The first-order valence-corrected chi connectivity index (χ1v) is 5.47. The minimum atomic E-state index is -0.785. The van der Waals surface area contributed by atoms with Gasteiger partial charge in [-0.25, -0.2) is 0 Å². The average Bonchev–Trinajstić information content (AvgIpc) is 2.55. The predicted octanol–water partition coefficient (Wildman–Crippen LogP) is -0.830. The van der Waals surface area contributed by atoms with E-state index in [4.69, 9.17) is 17.3 Å². The molecule has 1 rings (SSSR count). The molecule has 1 unspecified atom stereocenters. The third-order valence-electron chi connectivity index (χ3n) is 2.75. The number of rotatable bonds is 4. The van der Waals surface area contributed by atoms with Gasteiger partial charge in [0.2, 0.25) is 5.91 Å². The Morgan fingerprint density at radius 2 is 2.31 bits per heavy atom. The summed E-state index contributed by atoms with van der Waals surface area (Å²) in [6, 6.07) is -0.688. The van der Waals surface area contributed by atoms with E-state index in [1.165, 1.54) is 7.05 Å². The first-order chi connectivity index (χ1) is 7.51. The molecule has 0 aromatic rings. The molecule has 1 heterocycles. The largest absolute Gasteiger partial charge is 0.388 e. The van der Waals surface area contributed by atoms with E-state index in [2.05, 4.69) is 5.32 Å². The van der Waals surface area contributed by atoms with E-state index >= 15 is 0 Å². The molecule has 0 aliphatic carbocycles. The van der Waals surface area contributed by atoms with Crippen LogP contribution in [0.5, 0.6) is 0 Å². The lowest BCUT2D eigenvalue weighted by Crippen LogP contribution is -2.42. The summed E-state index contributed by atoms with van der Waals surface area (Å²) in [4.78, 5) is 11.3.